The Hall–Kier alpha value is -1.16. The predicted octanol–water partition coefficient (Wildman–Crippen LogP) is 3.49. The number of hydrogen-bond donors (Lipinski definition) is 1. The van der Waals surface area contributed by atoms with Gasteiger partial charge in [-0.15, -0.1) is 0 Å². The van der Waals surface area contributed by atoms with Crippen molar-refractivity contribution in [2.24, 2.45) is 0 Å². The molecule has 1 aromatic carbocycles. The van der Waals surface area contributed by atoms with E-state index in [-0.39, 0.29) is 5.82 Å². The number of aromatic nitrogens is 1. The van der Waals surface area contributed by atoms with E-state index < -0.39 is 0 Å². The normalized spacial score (nSPS) is 10.7. The molecule has 0 aliphatic heterocycles. The number of rotatable bonds is 1. The second kappa shape index (κ2) is 3.77. The van der Waals surface area contributed by atoms with E-state index in [1.165, 1.54) is 0 Å². The Morgan fingerprint density at radius 2 is 2.20 bits per heavy atom. The van der Waals surface area contributed by atoms with Gasteiger partial charge in [0.2, 0.25) is 0 Å². The third kappa shape index (κ3) is 1.59. The molecule has 0 saturated heterocycles. The molecule has 1 N–H and O–H groups in total. The van der Waals surface area contributed by atoms with Gasteiger partial charge < -0.3 is 5.32 Å². The van der Waals surface area contributed by atoms with Crippen LogP contribution in [0.2, 0.25) is 0 Å². The van der Waals surface area contributed by atoms with Crippen LogP contribution in [-0.2, 0) is 0 Å². The Kier molecular flexibility index (Phi) is 2.61. The first-order valence-electron chi connectivity index (χ1n) is 4.56. The zero-order valence-corrected chi connectivity index (χ0v) is 10.0. The number of nitrogens with zero attached hydrogens (tertiary/aromatic N) is 1. The number of aryl methyl sites for hydroxylation is 1. The van der Waals surface area contributed by atoms with Crippen molar-refractivity contribution in [2.45, 2.75) is 6.92 Å². The van der Waals surface area contributed by atoms with Gasteiger partial charge in [-0.2, -0.15) is 0 Å². The molecular weight excluding hydrogens is 259 g/mol. The van der Waals surface area contributed by atoms with E-state index in [1.807, 2.05) is 6.92 Å². The van der Waals surface area contributed by atoms with Crippen LogP contribution in [0.1, 0.15) is 5.56 Å². The molecule has 0 radical (unpaired) electrons. The highest BCUT2D eigenvalue weighted by molar-refractivity contribution is 9.10. The lowest BCUT2D eigenvalue weighted by molar-refractivity contribution is 0.633. The fraction of sp³-hybridized carbons (Fsp3) is 0.182. The zero-order chi connectivity index (χ0) is 11.0. The summed E-state index contributed by atoms with van der Waals surface area (Å²) in [6, 6.07) is 3.50. The minimum Gasteiger partial charge on any atom is -0.387 e. The van der Waals surface area contributed by atoms with Gasteiger partial charge in [0, 0.05) is 18.9 Å². The summed E-state index contributed by atoms with van der Waals surface area (Å²) in [7, 11) is 1.77. The number of fused-ring (bicyclic) bond motifs is 1. The second-order valence-corrected chi connectivity index (χ2v) is 4.18. The van der Waals surface area contributed by atoms with E-state index in [0.717, 1.165) is 11.3 Å². The van der Waals surface area contributed by atoms with Crippen LogP contribution >= 0.6 is 15.9 Å². The summed E-state index contributed by atoms with van der Waals surface area (Å²) >= 11 is 3.20. The van der Waals surface area contributed by atoms with Gasteiger partial charge in [0.15, 0.2) is 0 Å². The molecule has 2 rings (SSSR count). The summed E-state index contributed by atoms with van der Waals surface area (Å²) in [5, 5.41) is 3.50. The number of benzene rings is 1. The number of hydrogen-bond acceptors (Lipinski definition) is 2. The summed E-state index contributed by atoms with van der Waals surface area (Å²) in [6.07, 6.45) is 1.68. The second-order valence-electron chi connectivity index (χ2n) is 3.32. The number of halogens is 2. The third-order valence-electron chi connectivity index (χ3n) is 2.37. The summed E-state index contributed by atoms with van der Waals surface area (Å²) in [6.45, 7) is 1.92. The Morgan fingerprint density at radius 1 is 1.47 bits per heavy atom. The van der Waals surface area contributed by atoms with Crippen LogP contribution in [0.15, 0.2) is 22.8 Å². The first kappa shape index (κ1) is 10.4. The van der Waals surface area contributed by atoms with Crippen LogP contribution in [0.3, 0.4) is 0 Å². The van der Waals surface area contributed by atoms with E-state index in [9.17, 15) is 4.39 Å². The predicted molar refractivity (Wildman–Crippen MR) is 63.7 cm³/mol. The lowest BCUT2D eigenvalue weighted by Gasteiger charge is -2.09. The van der Waals surface area contributed by atoms with Crippen LogP contribution in [0.25, 0.3) is 10.9 Å². The van der Waals surface area contributed by atoms with Crippen molar-refractivity contribution in [1.29, 1.82) is 0 Å². The molecule has 0 spiro atoms. The Balaban J connectivity index is 2.96. The topological polar surface area (TPSA) is 24.9 Å². The van der Waals surface area contributed by atoms with E-state index in [2.05, 4.69) is 26.2 Å². The molecule has 0 unspecified atom stereocenters. The molecule has 0 bridgehead atoms. The summed E-state index contributed by atoms with van der Waals surface area (Å²) in [5.41, 5.74) is 2.40. The van der Waals surface area contributed by atoms with E-state index in [4.69, 9.17) is 0 Å². The minimum absolute atomic E-state index is 0.270. The highest BCUT2D eigenvalue weighted by Crippen LogP contribution is 2.31. The highest BCUT2D eigenvalue weighted by Gasteiger charge is 2.12. The van der Waals surface area contributed by atoms with Crippen LogP contribution in [0.5, 0.6) is 0 Å². The maximum Gasteiger partial charge on any atom is 0.148 e. The molecule has 0 amide bonds. The van der Waals surface area contributed by atoms with Crippen molar-refractivity contribution >= 4 is 32.5 Å². The highest BCUT2D eigenvalue weighted by atomic mass is 79.9. The van der Waals surface area contributed by atoms with E-state index >= 15 is 0 Å². The Morgan fingerprint density at radius 3 is 2.87 bits per heavy atom. The molecule has 2 nitrogen and oxygen atoms in total. The maximum absolute atomic E-state index is 13.9. The van der Waals surface area contributed by atoms with Crippen LogP contribution < -0.4 is 5.32 Å². The monoisotopic (exact) mass is 268 g/mol. The molecule has 0 aliphatic carbocycles. The SMILES string of the molecule is CNc1ccnc2c(C)cc(Br)c(F)c12. The molecule has 4 heteroatoms. The third-order valence-corrected chi connectivity index (χ3v) is 2.94. The number of anilines is 1. The molecule has 0 fully saturated rings. The summed E-state index contributed by atoms with van der Waals surface area (Å²) in [4.78, 5) is 4.19. The lowest BCUT2D eigenvalue weighted by Crippen LogP contribution is -1.95. The molecule has 78 valence electrons. The van der Waals surface area contributed by atoms with Gasteiger partial charge >= 0.3 is 0 Å². The van der Waals surface area contributed by atoms with Crippen molar-refractivity contribution in [3.63, 3.8) is 0 Å². The van der Waals surface area contributed by atoms with E-state index in [1.54, 1.807) is 25.4 Å². The van der Waals surface area contributed by atoms with Gasteiger partial charge in [0.1, 0.15) is 5.82 Å². The van der Waals surface area contributed by atoms with Gasteiger partial charge in [-0.3, -0.25) is 4.98 Å². The van der Waals surface area contributed by atoms with Crippen LogP contribution in [0, 0.1) is 12.7 Å². The molecule has 0 saturated carbocycles. The van der Waals surface area contributed by atoms with E-state index in [0.29, 0.717) is 15.4 Å². The molecule has 1 aromatic heterocycles. The summed E-state index contributed by atoms with van der Waals surface area (Å²) < 4.78 is 14.4. The molecule has 2 aromatic rings. The fourth-order valence-corrected chi connectivity index (χ4v) is 2.17. The van der Waals surface area contributed by atoms with Crippen LogP contribution in [0.4, 0.5) is 10.1 Å². The van der Waals surface area contributed by atoms with Gasteiger partial charge in [0.25, 0.3) is 0 Å². The standard InChI is InChI=1S/C11H10BrFN2/c1-6-5-7(12)10(13)9-8(14-2)3-4-15-11(6)9/h3-5H,1-2H3,(H,14,15). The average Bonchev–Trinajstić information content (AvgIpc) is 2.25. The average molecular weight is 269 g/mol. The largest absolute Gasteiger partial charge is 0.387 e. The first-order valence-corrected chi connectivity index (χ1v) is 5.35. The van der Waals surface area contributed by atoms with Crippen LogP contribution in [-0.4, -0.2) is 12.0 Å². The quantitative estimate of drug-likeness (QED) is 0.857. The number of nitrogens with one attached hydrogen (secondary N) is 1. The summed E-state index contributed by atoms with van der Waals surface area (Å²) in [5.74, 6) is -0.270. The zero-order valence-electron chi connectivity index (χ0n) is 8.44. The molecule has 0 atom stereocenters. The smallest absolute Gasteiger partial charge is 0.148 e. The molecule has 0 aliphatic rings. The van der Waals surface area contributed by atoms with Gasteiger partial charge in [-0.1, -0.05) is 0 Å². The van der Waals surface area contributed by atoms with Gasteiger partial charge in [-0.25, -0.2) is 4.39 Å². The molecule has 15 heavy (non-hydrogen) atoms. The van der Waals surface area contributed by atoms with Crippen molar-refractivity contribution in [2.75, 3.05) is 12.4 Å². The van der Waals surface area contributed by atoms with Crippen molar-refractivity contribution < 1.29 is 4.39 Å². The molecule has 1 heterocycles. The first-order chi connectivity index (χ1) is 7.15. The minimum atomic E-state index is -0.270. The van der Waals surface area contributed by atoms with Crippen molar-refractivity contribution in [1.82, 2.24) is 4.98 Å². The Bertz CT molecular complexity index is 525. The van der Waals surface area contributed by atoms with Gasteiger partial charge in [-0.05, 0) is 40.5 Å². The lowest BCUT2D eigenvalue weighted by atomic mass is 10.1. The maximum atomic E-state index is 13.9. The van der Waals surface area contributed by atoms with Gasteiger partial charge in [0.05, 0.1) is 15.4 Å². The fourth-order valence-electron chi connectivity index (χ4n) is 1.63. The van der Waals surface area contributed by atoms with Crippen molar-refractivity contribution in [3.05, 3.63) is 34.2 Å². The Labute approximate surface area is 95.6 Å². The van der Waals surface area contributed by atoms with Crippen molar-refractivity contribution in [3.8, 4) is 0 Å². The molecular formula is C11H10BrFN2. The number of pyridine rings is 1.